The fraction of sp³-hybridized carbons (Fsp3) is 0.591. The maximum atomic E-state index is 4.26. The van der Waals surface area contributed by atoms with Gasteiger partial charge in [-0.3, -0.25) is 9.47 Å². The first-order valence-corrected chi connectivity index (χ1v) is 10.6. The highest BCUT2D eigenvalue weighted by atomic mass is 32.1. The maximum Gasteiger partial charge on any atom is 0.102 e. The summed E-state index contributed by atoms with van der Waals surface area (Å²) in [4.78, 5) is 4.10. The highest BCUT2D eigenvalue weighted by Gasteiger charge is 2.20. The Balaban J connectivity index is 1.56. The molecule has 1 aromatic heterocycles. The highest BCUT2D eigenvalue weighted by molar-refractivity contribution is 7.80. The van der Waals surface area contributed by atoms with E-state index in [-0.39, 0.29) is 0 Å². The molecule has 0 aromatic carbocycles. The van der Waals surface area contributed by atoms with Gasteiger partial charge >= 0.3 is 0 Å². The largest absolute Gasteiger partial charge is 0.296 e. The zero-order valence-electron chi connectivity index (χ0n) is 15.9. The third-order valence-electron chi connectivity index (χ3n) is 5.18. The summed E-state index contributed by atoms with van der Waals surface area (Å²) in [7, 11) is 2.35. The summed E-state index contributed by atoms with van der Waals surface area (Å²) >= 11 is 4.26. The van der Waals surface area contributed by atoms with Crippen LogP contribution in [0.1, 0.15) is 63.4 Å². The lowest BCUT2D eigenvalue weighted by Gasteiger charge is -2.32. The van der Waals surface area contributed by atoms with Crippen molar-refractivity contribution in [1.29, 1.82) is 0 Å². The molecule has 1 aliphatic rings. The molecular formula is C22H35N2S+. The predicted octanol–water partition coefficient (Wildman–Crippen LogP) is 5.88. The first-order valence-electron chi connectivity index (χ1n) is 9.98. The molecule has 0 aliphatic carbocycles. The fourth-order valence-electron chi connectivity index (χ4n) is 3.44. The second-order valence-corrected chi connectivity index (χ2v) is 7.95. The fourth-order valence-corrected chi connectivity index (χ4v) is 3.67. The van der Waals surface area contributed by atoms with Crippen LogP contribution in [0, 0.1) is 0 Å². The van der Waals surface area contributed by atoms with Crippen molar-refractivity contribution in [2.45, 2.75) is 57.8 Å². The SMILES string of the molecule is C[N+]1(CCCCCCCCCCCS)C=CC(c2ccncc2)=CC1. The van der Waals surface area contributed by atoms with Crippen molar-refractivity contribution in [2.75, 3.05) is 25.9 Å². The minimum absolute atomic E-state index is 1.04. The third-order valence-corrected chi connectivity index (χ3v) is 5.50. The van der Waals surface area contributed by atoms with Crippen molar-refractivity contribution < 1.29 is 4.48 Å². The molecule has 1 aromatic rings. The zero-order chi connectivity index (χ0) is 17.8. The van der Waals surface area contributed by atoms with Crippen LogP contribution in [0.4, 0.5) is 0 Å². The topological polar surface area (TPSA) is 12.9 Å². The molecule has 0 spiro atoms. The van der Waals surface area contributed by atoms with Crippen LogP contribution in [0.3, 0.4) is 0 Å². The third kappa shape index (κ3) is 7.79. The molecule has 0 amide bonds. The van der Waals surface area contributed by atoms with Gasteiger partial charge in [0.15, 0.2) is 0 Å². The van der Waals surface area contributed by atoms with Crippen LogP contribution < -0.4 is 0 Å². The number of allylic oxidation sites excluding steroid dienone is 2. The lowest BCUT2D eigenvalue weighted by Crippen LogP contribution is -2.40. The number of pyridine rings is 1. The van der Waals surface area contributed by atoms with Crippen molar-refractivity contribution in [3.8, 4) is 0 Å². The van der Waals surface area contributed by atoms with Crippen LogP contribution in [-0.2, 0) is 0 Å². The number of hydrogen-bond donors (Lipinski definition) is 1. The molecule has 0 N–H and O–H groups in total. The van der Waals surface area contributed by atoms with Crippen LogP contribution in [0.25, 0.3) is 5.57 Å². The second kappa shape index (κ2) is 11.5. The Labute approximate surface area is 160 Å². The molecule has 138 valence electrons. The van der Waals surface area contributed by atoms with E-state index < -0.39 is 0 Å². The lowest BCUT2D eigenvalue weighted by molar-refractivity contribution is -0.854. The number of thiol groups is 1. The quantitative estimate of drug-likeness (QED) is 0.279. The molecular weight excluding hydrogens is 324 g/mol. The van der Waals surface area contributed by atoms with Gasteiger partial charge in [-0.1, -0.05) is 38.5 Å². The van der Waals surface area contributed by atoms with E-state index in [1.54, 1.807) is 0 Å². The average molecular weight is 360 g/mol. The van der Waals surface area contributed by atoms with E-state index in [2.05, 4.69) is 55.1 Å². The molecule has 0 saturated carbocycles. The van der Waals surface area contributed by atoms with Crippen LogP contribution in [0.15, 0.2) is 42.9 Å². The van der Waals surface area contributed by atoms with Gasteiger partial charge in [-0.15, -0.1) is 0 Å². The van der Waals surface area contributed by atoms with Crippen LogP contribution >= 0.6 is 12.6 Å². The van der Waals surface area contributed by atoms with Crippen LogP contribution in [-0.4, -0.2) is 35.4 Å². The van der Waals surface area contributed by atoms with Crippen LogP contribution in [0.2, 0.25) is 0 Å². The molecule has 1 unspecified atom stereocenters. The molecule has 0 radical (unpaired) electrons. The van der Waals surface area contributed by atoms with Crippen molar-refractivity contribution in [3.05, 3.63) is 48.4 Å². The first kappa shape index (κ1) is 20.3. The number of nitrogens with zero attached hydrogens (tertiary/aromatic N) is 2. The van der Waals surface area contributed by atoms with E-state index in [4.69, 9.17) is 0 Å². The summed E-state index contributed by atoms with van der Waals surface area (Å²) in [5, 5.41) is 0. The Morgan fingerprint density at radius 3 is 2.08 bits per heavy atom. The van der Waals surface area contributed by atoms with Gasteiger partial charge in [0.1, 0.15) is 6.54 Å². The van der Waals surface area contributed by atoms with Gasteiger partial charge in [-0.25, -0.2) is 0 Å². The molecule has 0 bridgehead atoms. The molecule has 1 aliphatic heterocycles. The molecule has 2 rings (SSSR count). The summed E-state index contributed by atoms with van der Waals surface area (Å²) in [5.41, 5.74) is 2.60. The van der Waals surface area contributed by atoms with E-state index in [0.717, 1.165) is 16.8 Å². The first-order chi connectivity index (χ1) is 12.2. The summed E-state index contributed by atoms with van der Waals surface area (Å²) in [6.45, 7) is 2.35. The number of unbranched alkanes of at least 4 members (excludes halogenated alkanes) is 8. The van der Waals surface area contributed by atoms with E-state index in [1.807, 2.05) is 12.4 Å². The summed E-state index contributed by atoms with van der Waals surface area (Å²) in [6.07, 6.45) is 23.1. The van der Waals surface area contributed by atoms with E-state index in [1.165, 1.54) is 75.5 Å². The Morgan fingerprint density at radius 2 is 1.52 bits per heavy atom. The number of hydrogen-bond acceptors (Lipinski definition) is 2. The molecule has 2 nitrogen and oxygen atoms in total. The lowest BCUT2D eigenvalue weighted by atomic mass is 10.0. The zero-order valence-corrected chi connectivity index (χ0v) is 16.8. The number of quaternary nitrogens is 1. The summed E-state index contributed by atoms with van der Waals surface area (Å²) < 4.78 is 1.04. The average Bonchev–Trinajstić information content (AvgIpc) is 2.65. The highest BCUT2D eigenvalue weighted by Crippen LogP contribution is 2.22. The normalized spacial score (nSPS) is 19.8. The number of likely N-dealkylation sites (N-methyl/N-ethyl adjacent to an activating group) is 1. The standard InChI is InChI=1S/C22H34N2S/c1-24(17-9-7-5-3-2-4-6-8-10-20-25)18-13-22(14-19-24)21-11-15-23-16-12-21/h11-16,18H,2-10,17,19-20H2,1H3/p+1. The smallest absolute Gasteiger partial charge is 0.102 e. The van der Waals surface area contributed by atoms with Gasteiger partial charge in [0.05, 0.1) is 19.8 Å². The second-order valence-electron chi connectivity index (χ2n) is 7.50. The van der Waals surface area contributed by atoms with Gasteiger partial charge in [-0.05, 0) is 60.4 Å². The van der Waals surface area contributed by atoms with E-state index in [9.17, 15) is 0 Å². The van der Waals surface area contributed by atoms with E-state index >= 15 is 0 Å². The van der Waals surface area contributed by atoms with Crippen molar-refractivity contribution in [2.24, 2.45) is 0 Å². The summed E-state index contributed by atoms with van der Waals surface area (Å²) in [5.74, 6) is 1.05. The van der Waals surface area contributed by atoms with Crippen molar-refractivity contribution in [3.63, 3.8) is 0 Å². The summed E-state index contributed by atoms with van der Waals surface area (Å²) in [6, 6.07) is 4.18. The number of rotatable bonds is 12. The maximum absolute atomic E-state index is 4.26. The molecule has 0 fully saturated rings. The molecule has 0 saturated heterocycles. The van der Waals surface area contributed by atoms with Gasteiger partial charge in [0.25, 0.3) is 0 Å². The molecule has 2 heterocycles. The van der Waals surface area contributed by atoms with Crippen LogP contribution in [0.5, 0.6) is 0 Å². The minimum Gasteiger partial charge on any atom is -0.296 e. The van der Waals surface area contributed by atoms with Crippen molar-refractivity contribution in [1.82, 2.24) is 4.98 Å². The Kier molecular flexibility index (Phi) is 9.35. The number of aromatic nitrogens is 1. The Bertz CT molecular complexity index is 538. The van der Waals surface area contributed by atoms with Gasteiger partial charge < -0.3 is 0 Å². The minimum atomic E-state index is 1.04. The van der Waals surface area contributed by atoms with Gasteiger partial charge in [0, 0.05) is 12.4 Å². The predicted molar refractivity (Wildman–Crippen MR) is 113 cm³/mol. The molecule has 3 heteroatoms. The van der Waals surface area contributed by atoms with Crippen molar-refractivity contribution >= 4 is 18.2 Å². The van der Waals surface area contributed by atoms with Gasteiger partial charge in [-0.2, -0.15) is 12.6 Å². The van der Waals surface area contributed by atoms with E-state index in [0.29, 0.717) is 0 Å². The monoisotopic (exact) mass is 359 g/mol. The Morgan fingerprint density at radius 1 is 0.920 bits per heavy atom. The molecule has 25 heavy (non-hydrogen) atoms. The van der Waals surface area contributed by atoms with Gasteiger partial charge in [0.2, 0.25) is 0 Å². The Hall–Kier alpha value is -1.06. The molecule has 1 atom stereocenters.